The van der Waals surface area contributed by atoms with E-state index in [0.717, 1.165) is 17.1 Å². The van der Waals surface area contributed by atoms with Gasteiger partial charge in [0, 0.05) is 17.2 Å². The average molecular weight is 555 g/mol. The smallest absolute Gasteiger partial charge is 0.264 e. The van der Waals surface area contributed by atoms with Crippen LogP contribution in [0.2, 0.25) is 10.3 Å². The van der Waals surface area contributed by atoms with Crippen LogP contribution in [-0.4, -0.2) is 23.4 Å². The number of anilines is 1. The lowest BCUT2D eigenvalue weighted by Gasteiger charge is -2.14. The summed E-state index contributed by atoms with van der Waals surface area (Å²) in [6.45, 7) is 6.02. The first-order chi connectivity index (χ1) is 16.4. The minimum absolute atomic E-state index is 0.0233. The number of sulfonamides is 1. The number of halogens is 4. The Morgan fingerprint density at radius 3 is 2.46 bits per heavy atom. The lowest BCUT2D eigenvalue weighted by Crippen LogP contribution is -2.15. The third-order valence-electron chi connectivity index (χ3n) is 4.81. The molecule has 0 aliphatic heterocycles. The van der Waals surface area contributed by atoms with Gasteiger partial charge in [-0.15, -0.1) is 11.3 Å². The molecule has 0 amide bonds. The van der Waals surface area contributed by atoms with Crippen LogP contribution in [0, 0.1) is 11.6 Å². The summed E-state index contributed by atoms with van der Waals surface area (Å²) in [6, 6.07) is 8.52. The van der Waals surface area contributed by atoms with Crippen LogP contribution in [0.3, 0.4) is 0 Å². The molecule has 2 heterocycles. The van der Waals surface area contributed by atoms with E-state index in [2.05, 4.69) is 14.7 Å². The van der Waals surface area contributed by atoms with Crippen LogP contribution in [0.4, 0.5) is 14.5 Å². The van der Waals surface area contributed by atoms with E-state index in [1.54, 1.807) is 18.2 Å². The summed E-state index contributed by atoms with van der Waals surface area (Å²) in [7, 11) is -4.48. The van der Waals surface area contributed by atoms with Crippen LogP contribution in [0.5, 0.6) is 0 Å². The van der Waals surface area contributed by atoms with Gasteiger partial charge in [-0.25, -0.2) is 32.2 Å². The highest BCUT2D eigenvalue weighted by Gasteiger charge is 2.27. The molecule has 1 N–H and O–H groups in total. The molecule has 6 nitrogen and oxygen atoms in total. The average Bonchev–Trinajstić information content (AvgIpc) is 3.22. The molecule has 0 aliphatic carbocycles. The van der Waals surface area contributed by atoms with Crippen LogP contribution in [0.25, 0.3) is 21.8 Å². The molecule has 0 bridgehead atoms. The predicted octanol–water partition coefficient (Wildman–Crippen LogP) is 6.95. The lowest BCUT2D eigenvalue weighted by atomic mass is 9.98. The number of aromatic nitrogens is 3. The Bertz CT molecular complexity index is 1540. The standard InChI is InChI=1S/C23H18Cl2F2N4O2S2/c1-23(2,3)21-30-19(20(34-21)16-9-10-28-22(25)29-16)13-5-4-6-15(18(13)24)31-35(32,33)17-11-12(26)7-8-14(17)27/h4-11,31H,1-3H3. The number of benzene rings is 2. The second kappa shape index (κ2) is 9.42. The molecule has 0 unspecified atom stereocenters. The molecule has 182 valence electrons. The summed E-state index contributed by atoms with van der Waals surface area (Å²) in [5.41, 5.74) is 1.09. The van der Waals surface area contributed by atoms with Crippen LogP contribution >= 0.6 is 34.5 Å². The summed E-state index contributed by atoms with van der Waals surface area (Å²) in [5.74, 6) is -1.99. The topological polar surface area (TPSA) is 84.8 Å². The van der Waals surface area contributed by atoms with Crippen LogP contribution in [0.1, 0.15) is 25.8 Å². The number of rotatable bonds is 5. The Morgan fingerprint density at radius 1 is 1.03 bits per heavy atom. The number of hydrogen-bond donors (Lipinski definition) is 1. The van der Waals surface area contributed by atoms with Gasteiger partial charge < -0.3 is 0 Å². The minimum atomic E-state index is -4.48. The quantitative estimate of drug-likeness (QED) is 0.270. The predicted molar refractivity (Wildman–Crippen MR) is 134 cm³/mol. The van der Waals surface area contributed by atoms with Crippen molar-refractivity contribution < 1.29 is 17.2 Å². The Morgan fingerprint density at radius 2 is 1.77 bits per heavy atom. The zero-order valence-electron chi connectivity index (χ0n) is 18.6. The number of thiazole rings is 1. The molecule has 0 radical (unpaired) electrons. The molecule has 2 aromatic carbocycles. The van der Waals surface area contributed by atoms with Gasteiger partial charge in [-0.3, -0.25) is 4.72 Å². The van der Waals surface area contributed by atoms with E-state index in [1.165, 1.54) is 23.6 Å². The van der Waals surface area contributed by atoms with E-state index in [-0.39, 0.29) is 21.4 Å². The normalized spacial score (nSPS) is 12.1. The Hall–Kier alpha value is -2.66. The van der Waals surface area contributed by atoms with Gasteiger partial charge in [0.2, 0.25) is 5.28 Å². The summed E-state index contributed by atoms with van der Waals surface area (Å²) >= 11 is 14.0. The molecular formula is C23H18Cl2F2N4O2S2. The van der Waals surface area contributed by atoms with Crippen molar-refractivity contribution in [3.05, 3.63) is 75.6 Å². The van der Waals surface area contributed by atoms with Crippen LogP contribution in [-0.2, 0) is 15.4 Å². The van der Waals surface area contributed by atoms with Gasteiger partial charge in [-0.2, -0.15) is 0 Å². The third kappa shape index (κ3) is 5.30. The first kappa shape index (κ1) is 25.4. The Labute approximate surface area is 215 Å². The van der Waals surface area contributed by atoms with Crippen molar-refractivity contribution in [2.24, 2.45) is 0 Å². The fraction of sp³-hybridized carbons (Fsp3) is 0.174. The van der Waals surface area contributed by atoms with Gasteiger partial charge in [0.05, 0.1) is 32.0 Å². The van der Waals surface area contributed by atoms with Crippen LogP contribution < -0.4 is 4.72 Å². The van der Waals surface area contributed by atoms with E-state index >= 15 is 0 Å². The molecule has 12 heteroatoms. The monoisotopic (exact) mass is 554 g/mol. The SMILES string of the molecule is CC(C)(C)c1nc(-c2cccc(NS(=O)(=O)c3cc(F)ccc3F)c2Cl)c(-c2ccnc(Cl)n2)s1. The molecule has 0 saturated carbocycles. The molecule has 0 aliphatic rings. The zero-order chi connectivity index (χ0) is 25.5. The number of nitrogens with one attached hydrogen (secondary N) is 1. The highest BCUT2D eigenvalue weighted by atomic mass is 35.5. The van der Waals surface area contributed by atoms with E-state index in [4.69, 9.17) is 28.2 Å². The number of hydrogen-bond acceptors (Lipinski definition) is 6. The van der Waals surface area contributed by atoms with Crippen molar-refractivity contribution in [2.45, 2.75) is 31.1 Å². The van der Waals surface area contributed by atoms with Gasteiger partial charge in [-0.05, 0) is 41.9 Å². The Balaban J connectivity index is 1.84. The Kier molecular flexibility index (Phi) is 6.85. The van der Waals surface area contributed by atoms with Crippen molar-refractivity contribution in [3.8, 4) is 21.8 Å². The fourth-order valence-corrected chi connectivity index (χ4v) is 5.87. The van der Waals surface area contributed by atoms with Crippen molar-refractivity contribution >= 4 is 50.2 Å². The molecule has 2 aromatic heterocycles. The molecule has 0 atom stereocenters. The first-order valence-corrected chi connectivity index (χ1v) is 13.2. The maximum absolute atomic E-state index is 14.2. The number of nitrogens with zero attached hydrogens (tertiary/aromatic N) is 3. The van der Waals surface area contributed by atoms with Crippen LogP contribution in [0.15, 0.2) is 53.6 Å². The largest absolute Gasteiger partial charge is 0.278 e. The molecule has 0 saturated heterocycles. The van der Waals surface area contributed by atoms with Gasteiger partial charge in [0.15, 0.2) is 0 Å². The highest BCUT2D eigenvalue weighted by molar-refractivity contribution is 7.92. The highest BCUT2D eigenvalue weighted by Crippen LogP contribution is 2.44. The molecule has 4 rings (SSSR count). The summed E-state index contributed by atoms with van der Waals surface area (Å²) in [6.07, 6.45) is 1.52. The van der Waals surface area contributed by atoms with Gasteiger partial charge in [0.25, 0.3) is 10.0 Å². The molecule has 35 heavy (non-hydrogen) atoms. The van der Waals surface area contributed by atoms with Crippen molar-refractivity contribution in [3.63, 3.8) is 0 Å². The van der Waals surface area contributed by atoms with E-state index in [0.29, 0.717) is 27.9 Å². The van der Waals surface area contributed by atoms with Crippen molar-refractivity contribution in [1.82, 2.24) is 15.0 Å². The molecule has 4 aromatic rings. The first-order valence-electron chi connectivity index (χ1n) is 10.1. The van der Waals surface area contributed by atoms with Gasteiger partial charge in [-0.1, -0.05) is 44.5 Å². The fourth-order valence-electron chi connectivity index (χ4n) is 3.14. The third-order valence-corrected chi connectivity index (χ3v) is 8.28. The van der Waals surface area contributed by atoms with Gasteiger partial charge in [0.1, 0.15) is 16.5 Å². The lowest BCUT2D eigenvalue weighted by molar-refractivity contribution is 0.555. The van der Waals surface area contributed by atoms with Crippen molar-refractivity contribution in [2.75, 3.05) is 4.72 Å². The van der Waals surface area contributed by atoms with Crippen molar-refractivity contribution in [1.29, 1.82) is 0 Å². The van der Waals surface area contributed by atoms with E-state index in [9.17, 15) is 17.2 Å². The summed E-state index contributed by atoms with van der Waals surface area (Å²) < 4.78 is 55.6. The second-order valence-corrected chi connectivity index (χ2v) is 11.9. The minimum Gasteiger partial charge on any atom is -0.278 e. The summed E-state index contributed by atoms with van der Waals surface area (Å²) in [5, 5.41) is 0.880. The zero-order valence-corrected chi connectivity index (χ0v) is 21.8. The molecule has 0 spiro atoms. The van der Waals surface area contributed by atoms with Gasteiger partial charge >= 0.3 is 0 Å². The second-order valence-electron chi connectivity index (χ2n) is 8.51. The molecule has 0 fully saturated rings. The summed E-state index contributed by atoms with van der Waals surface area (Å²) in [4.78, 5) is 12.8. The maximum atomic E-state index is 14.2. The molecular weight excluding hydrogens is 537 g/mol. The maximum Gasteiger partial charge on any atom is 0.264 e. The van der Waals surface area contributed by atoms with E-state index < -0.39 is 26.6 Å². The van der Waals surface area contributed by atoms with E-state index in [1.807, 2.05) is 20.8 Å².